The highest BCUT2D eigenvalue weighted by Crippen LogP contribution is 2.36. The third-order valence-corrected chi connectivity index (χ3v) is 3.02. The van der Waals surface area contributed by atoms with Gasteiger partial charge in [0.25, 0.3) is 5.69 Å². The summed E-state index contributed by atoms with van der Waals surface area (Å²) < 4.78 is 43.1. The summed E-state index contributed by atoms with van der Waals surface area (Å²) >= 11 is 0. The van der Waals surface area contributed by atoms with Crippen LogP contribution in [0.15, 0.2) is 42.5 Å². The van der Waals surface area contributed by atoms with Gasteiger partial charge in [-0.1, -0.05) is 0 Å². The molecule has 0 spiro atoms. The lowest BCUT2D eigenvalue weighted by atomic mass is 10.1. The quantitative estimate of drug-likeness (QED) is 0.617. The summed E-state index contributed by atoms with van der Waals surface area (Å²) in [5.74, 6) is 0.483. The number of alkyl halides is 3. The van der Waals surface area contributed by atoms with Crippen LogP contribution in [0.25, 0.3) is 0 Å². The maximum Gasteiger partial charge on any atom is 0.416 e. The van der Waals surface area contributed by atoms with Crippen LogP contribution in [0.1, 0.15) is 5.56 Å². The van der Waals surface area contributed by atoms with Crippen LogP contribution < -0.4 is 10.1 Å². The molecule has 9 heteroatoms. The number of aliphatic hydroxyl groups excluding tert-OH is 1. The van der Waals surface area contributed by atoms with Crippen molar-refractivity contribution in [3.8, 4) is 5.75 Å². The fraction of sp³-hybridized carbons (Fsp3) is 0.200. The maximum absolute atomic E-state index is 12.7. The summed E-state index contributed by atoms with van der Waals surface area (Å²) in [6, 6.07) is 8.50. The Morgan fingerprint density at radius 1 is 1.17 bits per heavy atom. The second kappa shape index (κ2) is 7.18. The first-order valence-electron chi connectivity index (χ1n) is 6.77. The molecule has 0 aliphatic heterocycles. The molecule has 0 bridgehead atoms. The van der Waals surface area contributed by atoms with Gasteiger partial charge in [-0.15, -0.1) is 0 Å². The highest BCUT2D eigenvalue weighted by molar-refractivity contribution is 5.70. The third kappa shape index (κ3) is 4.35. The first-order chi connectivity index (χ1) is 11.3. The number of rotatable bonds is 6. The molecule has 6 nitrogen and oxygen atoms in total. The standard InChI is InChI=1S/C15H13F3N2O4/c16-15(17,18)10-1-6-13(14(9-10)20(22)23)19-11-2-4-12(5-3-11)24-8-7-21/h1-6,9,19,21H,7-8H2. The topological polar surface area (TPSA) is 84.6 Å². The monoisotopic (exact) mass is 342 g/mol. The molecule has 2 aromatic carbocycles. The fourth-order valence-electron chi connectivity index (χ4n) is 1.92. The van der Waals surface area contributed by atoms with E-state index in [0.29, 0.717) is 17.5 Å². The number of ether oxygens (including phenoxy) is 1. The molecule has 0 aliphatic rings. The predicted molar refractivity (Wildman–Crippen MR) is 80.4 cm³/mol. The average Bonchev–Trinajstić information content (AvgIpc) is 2.53. The third-order valence-electron chi connectivity index (χ3n) is 3.02. The van der Waals surface area contributed by atoms with Crippen LogP contribution in [-0.2, 0) is 6.18 Å². The molecular formula is C15H13F3N2O4. The predicted octanol–water partition coefficient (Wildman–Crippen LogP) is 3.73. The van der Waals surface area contributed by atoms with Crippen molar-refractivity contribution >= 4 is 17.1 Å². The van der Waals surface area contributed by atoms with Crippen LogP contribution in [-0.4, -0.2) is 23.2 Å². The summed E-state index contributed by atoms with van der Waals surface area (Å²) in [5.41, 5.74) is -1.39. The smallest absolute Gasteiger partial charge is 0.416 e. The van der Waals surface area contributed by atoms with E-state index in [0.717, 1.165) is 12.1 Å². The Morgan fingerprint density at radius 2 is 1.83 bits per heavy atom. The van der Waals surface area contributed by atoms with Gasteiger partial charge in [0.2, 0.25) is 0 Å². The van der Waals surface area contributed by atoms with Gasteiger partial charge in [-0.3, -0.25) is 10.1 Å². The van der Waals surface area contributed by atoms with Gasteiger partial charge in [0.1, 0.15) is 18.0 Å². The second-order valence-corrected chi connectivity index (χ2v) is 4.71. The van der Waals surface area contributed by atoms with Crippen LogP contribution in [0, 0.1) is 10.1 Å². The molecule has 2 rings (SSSR count). The average molecular weight is 342 g/mol. The van der Waals surface area contributed by atoms with Crippen molar-refractivity contribution < 1.29 is 27.9 Å². The Hall–Kier alpha value is -2.81. The van der Waals surface area contributed by atoms with Crippen molar-refractivity contribution in [2.24, 2.45) is 0 Å². The minimum absolute atomic E-state index is 0.0583. The van der Waals surface area contributed by atoms with Crippen molar-refractivity contribution in [3.63, 3.8) is 0 Å². The lowest BCUT2D eigenvalue weighted by Crippen LogP contribution is -2.06. The van der Waals surface area contributed by atoms with E-state index >= 15 is 0 Å². The zero-order valence-corrected chi connectivity index (χ0v) is 12.2. The van der Waals surface area contributed by atoms with E-state index < -0.39 is 22.4 Å². The van der Waals surface area contributed by atoms with Crippen LogP contribution >= 0.6 is 0 Å². The number of benzene rings is 2. The van der Waals surface area contributed by atoms with E-state index in [1.165, 1.54) is 0 Å². The Balaban J connectivity index is 2.24. The molecule has 0 saturated carbocycles. The number of hydrogen-bond acceptors (Lipinski definition) is 5. The van der Waals surface area contributed by atoms with Gasteiger partial charge in [-0.25, -0.2) is 0 Å². The van der Waals surface area contributed by atoms with Crippen LogP contribution in [0.3, 0.4) is 0 Å². The summed E-state index contributed by atoms with van der Waals surface area (Å²) in [7, 11) is 0. The van der Waals surface area contributed by atoms with Gasteiger partial charge in [-0.2, -0.15) is 13.2 Å². The lowest BCUT2D eigenvalue weighted by molar-refractivity contribution is -0.384. The molecule has 0 amide bonds. The minimum Gasteiger partial charge on any atom is -0.491 e. The number of halogens is 3. The second-order valence-electron chi connectivity index (χ2n) is 4.71. The van der Waals surface area contributed by atoms with Crippen molar-refractivity contribution in [1.29, 1.82) is 0 Å². The van der Waals surface area contributed by atoms with E-state index in [4.69, 9.17) is 9.84 Å². The van der Waals surface area contributed by atoms with Crippen molar-refractivity contribution in [1.82, 2.24) is 0 Å². The molecule has 0 atom stereocenters. The molecule has 2 N–H and O–H groups in total. The first-order valence-corrected chi connectivity index (χ1v) is 6.77. The van der Waals surface area contributed by atoms with Gasteiger partial charge in [0.05, 0.1) is 17.1 Å². The van der Waals surface area contributed by atoms with Crippen molar-refractivity contribution in [3.05, 3.63) is 58.1 Å². The molecule has 0 saturated heterocycles. The first kappa shape index (κ1) is 17.5. The Bertz CT molecular complexity index is 718. The number of hydrogen-bond donors (Lipinski definition) is 2. The number of nitrogens with zero attached hydrogens (tertiary/aromatic N) is 1. The Kier molecular flexibility index (Phi) is 5.24. The number of nitrogens with one attached hydrogen (secondary N) is 1. The van der Waals surface area contributed by atoms with E-state index in [2.05, 4.69) is 5.32 Å². The van der Waals surface area contributed by atoms with E-state index in [1.807, 2.05) is 0 Å². The SMILES string of the molecule is O=[N+]([O-])c1cc(C(F)(F)F)ccc1Nc1ccc(OCCO)cc1. The maximum atomic E-state index is 12.7. The van der Waals surface area contributed by atoms with Crippen molar-refractivity contribution in [2.45, 2.75) is 6.18 Å². The molecule has 0 heterocycles. The highest BCUT2D eigenvalue weighted by atomic mass is 19.4. The Morgan fingerprint density at radius 3 is 2.38 bits per heavy atom. The Labute approximate surface area is 134 Å². The number of aliphatic hydroxyl groups is 1. The van der Waals surface area contributed by atoms with Gasteiger partial charge >= 0.3 is 6.18 Å². The van der Waals surface area contributed by atoms with Crippen LogP contribution in [0.5, 0.6) is 5.75 Å². The van der Waals surface area contributed by atoms with Gasteiger partial charge in [0, 0.05) is 11.8 Å². The molecule has 24 heavy (non-hydrogen) atoms. The zero-order chi connectivity index (χ0) is 17.7. The molecule has 0 radical (unpaired) electrons. The number of nitro groups is 1. The minimum atomic E-state index is -4.66. The summed E-state index contributed by atoms with van der Waals surface area (Å²) in [5, 5.41) is 22.4. The summed E-state index contributed by atoms with van der Waals surface area (Å²) in [4.78, 5) is 10.1. The van der Waals surface area contributed by atoms with Crippen LogP contribution in [0.2, 0.25) is 0 Å². The molecule has 0 fully saturated rings. The zero-order valence-electron chi connectivity index (χ0n) is 12.2. The van der Waals surface area contributed by atoms with E-state index in [-0.39, 0.29) is 18.9 Å². The van der Waals surface area contributed by atoms with Gasteiger partial charge in [0.15, 0.2) is 0 Å². The van der Waals surface area contributed by atoms with E-state index in [9.17, 15) is 23.3 Å². The number of anilines is 2. The summed E-state index contributed by atoms with van der Waals surface area (Å²) in [6.45, 7) is -0.0189. The summed E-state index contributed by atoms with van der Waals surface area (Å²) in [6.07, 6.45) is -4.66. The highest BCUT2D eigenvalue weighted by Gasteiger charge is 2.33. The van der Waals surface area contributed by atoms with Crippen LogP contribution in [0.4, 0.5) is 30.2 Å². The molecule has 128 valence electrons. The molecular weight excluding hydrogens is 329 g/mol. The molecule has 0 unspecified atom stereocenters. The molecule has 0 aliphatic carbocycles. The number of nitro benzene ring substituents is 1. The molecule has 0 aromatic heterocycles. The molecule has 2 aromatic rings. The van der Waals surface area contributed by atoms with Gasteiger partial charge in [-0.05, 0) is 36.4 Å². The normalized spacial score (nSPS) is 11.2. The van der Waals surface area contributed by atoms with Crippen molar-refractivity contribution in [2.75, 3.05) is 18.5 Å². The fourth-order valence-corrected chi connectivity index (χ4v) is 1.92. The van der Waals surface area contributed by atoms with Gasteiger partial charge < -0.3 is 15.2 Å². The van der Waals surface area contributed by atoms with E-state index in [1.54, 1.807) is 24.3 Å². The largest absolute Gasteiger partial charge is 0.491 e. The lowest BCUT2D eigenvalue weighted by Gasteiger charge is -2.11.